The number of hydrogen-bond donors (Lipinski definition) is 2. The third-order valence-corrected chi connectivity index (χ3v) is 3.75. The molecule has 2 atom stereocenters. The van der Waals surface area contributed by atoms with E-state index in [1.165, 1.54) is 0 Å². The topological polar surface area (TPSA) is 66.4 Å². The van der Waals surface area contributed by atoms with E-state index >= 15 is 0 Å². The molecule has 1 saturated carbocycles. The Hall–Kier alpha value is -0.130. The van der Waals surface area contributed by atoms with Crippen LogP contribution in [0.1, 0.15) is 26.2 Å². The summed E-state index contributed by atoms with van der Waals surface area (Å²) in [7, 11) is -3.08. The molecule has 2 N–H and O–H groups in total. The Balaban J connectivity index is 2.21. The van der Waals surface area contributed by atoms with Crippen molar-refractivity contribution >= 4 is 10.0 Å². The highest BCUT2D eigenvalue weighted by Crippen LogP contribution is 2.29. The van der Waals surface area contributed by atoms with Gasteiger partial charge < -0.3 is 5.11 Å². The van der Waals surface area contributed by atoms with E-state index in [0.29, 0.717) is 18.8 Å². The molecule has 1 rings (SSSR count). The number of aliphatic hydroxyl groups excluding tert-OH is 1. The van der Waals surface area contributed by atoms with Gasteiger partial charge in [-0.1, -0.05) is 6.92 Å². The highest BCUT2D eigenvalue weighted by molar-refractivity contribution is 7.89. The summed E-state index contributed by atoms with van der Waals surface area (Å²) in [6, 6.07) is 0.166. The van der Waals surface area contributed by atoms with Crippen LogP contribution in [0, 0.1) is 5.92 Å². The van der Waals surface area contributed by atoms with Crippen LogP contribution in [0.25, 0.3) is 0 Å². The SMILES string of the molecule is CC1CC1NS(=O)(=O)CCCCO. The summed E-state index contributed by atoms with van der Waals surface area (Å²) in [5.41, 5.74) is 0. The van der Waals surface area contributed by atoms with Crippen molar-refractivity contribution in [2.45, 2.75) is 32.2 Å². The lowest BCUT2D eigenvalue weighted by atomic mass is 10.4. The minimum Gasteiger partial charge on any atom is -0.396 e. The number of unbranched alkanes of at least 4 members (excludes halogenated alkanes) is 1. The Labute approximate surface area is 79.4 Å². The van der Waals surface area contributed by atoms with Crippen molar-refractivity contribution < 1.29 is 13.5 Å². The van der Waals surface area contributed by atoms with Crippen molar-refractivity contribution in [3.05, 3.63) is 0 Å². The van der Waals surface area contributed by atoms with Gasteiger partial charge in [0.05, 0.1) is 5.75 Å². The normalized spacial score (nSPS) is 27.5. The molecule has 78 valence electrons. The highest BCUT2D eigenvalue weighted by Gasteiger charge is 2.35. The van der Waals surface area contributed by atoms with Crippen LogP contribution in [0.3, 0.4) is 0 Å². The van der Waals surface area contributed by atoms with Gasteiger partial charge in [0.1, 0.15) is 0 Å². The fourth-order valence-electron chi connectivity index (χ4n) is 1.18. The molecule has 0 spiro atoms. The molecule has 2 unspecified atom stereocenters. The molecule has 4 nitrogen and oxygen atoms in total. The minimum atomic E-state index is -3.08. The van der Waals surface area contributed by atoms with Gasteiger partial charge in [0.2, 0.25) is 10.0 Å². The zero-order chi connectivity index (χ0) is 9.90. The van der Waals surface area contributed by atoms with Gasteiger partial charge in [-0.2, -0.15) is 0 Å². The number of sulfonamides is 1. The molecule has 0 aromatic carbocycles. The van der Waals surface area contributed by atoms with Gasteiger partial charge in [0.15, 0.2) is 0 Å². The van der Waals surface area contributed by atoms with Crippen LogP contribution in [0.4, 0.5) is 0 Å². The van der Waals surface area contributed by atoms with Crippen LogP contribution in [-0.4, -0.2) is 31.9 Å². The van der Waals surface area contributed by atoms with E-state index in [4.69, 9.17) is 5.11 Å². The van der Waals surface area contributed by atoms with E-state index in [-0.39, 0.29) is 18.4 Å². The predicted octanol–water partition coefficient (Wildman–Crippen LogP) is 0.0867. The largest absolute Gasteiger partial charge is 0.396 e. The molecular weight excluding hydrogens is 190 g/mol. The van der Waals surface area contributed by atoms with E-state index in [2.05, 4.69) is 4.72 Å². The summed E-state index contributed by atoms with van der Waals surface area (Å²) in [5.74, 6) is 0.629. The fraction of sp³-hybridized carbons (Fsp3) is 1.00. The second kappa shape index (κ2) is 4.39. The van der Waals surface area contributed by atoms with E-state index in [0.717, 1.165) is 6.42 Å². The van der Waals surface area contributed by atoms with Crippen LogP contribution in [0.5, 0.6) is 0 Å². The molecule has 0 aromatic rings. The molecule has 0 amide bonds. The molecule has 1 fully saturated rings. The zero-order valence-electron chi connectivity index (χ0n) is 7.86. The van der Waals surface area contributed by atoms with E-state index in [1.54, 1.807) is 0 Å². The van der Waals surface area contributed by atoms with E-state index < -0.39 is 10.0 Å². The smallest absolute Gasteiger partial charge is 0.211 e. The first kappa shape index (κ1) is 10.9. The van der Waals surface area contributed by atoms with Crippen LogP contribution >= 0.6 is 0 Å². The van der Waals surface area contributed by atoms with Crippen molar-refractivity contribution in [1.82, 2.24) is 4.72 Å². The summed E-state index contributed by atoms with van der Waals surface area (Å²) < 4.78 is 25.2. The Bertz CT molecular complexity index is 250. The summed E-state index contributed by atoms with van der Waals surface area (Å²) in [6.45, 7) is 2.09. The maximum absolute atomic E-state index is 11.3. The summed E-state index contributed by atoms with van der Waals surface area (Å²) in [5, 5.41) is 8.48. The highest BCUT2D eigenvalue weighted by atomic mass is 32.2. The quantitative estimate of drug-likeness (QED) is 0.606. The molecule has 5 heteroatoms. The predicted molar refractivity (Wildman–Crippen MR) is 50.8 cm³/mol. The monoisotopic (exact) mass is 207 g/mol. The van der Waals surface area contributed by atoms with Crippen LogP contribution in [0.2, 0.25) is 0 Å². The Morgan fingerprint density at radius 1 is 1.46 bits per heavy atom. The molecule has 1 aliphatic rings. The lowest BCUT2D eigenvalue weighted by Gasteiger charge is -2.04. The summed E-state index contributed by atoms with van der Waals surface area (Å²) >= 11 is 0. The Morgan fingerprint density at radius 3 is 2.54 bits per heavy atom. The molecule has 1 aliphatic carbocycles. The van der Waals surface area contributed by atoms with Gasteiger partial charge in [0.25, 0.3) is 0 Å². The van der Waals surface area contributed by atoms with Gasteiger partial charge in [-0.05, 0) is 25.2 Å². The number of hydrogen-bond acceptors (Lipinski definition) is 3. The van der Waals surface area contributed by atoms with Crippen molar-refractivity contribution in [2.24, 2.45) is 5.92 Å². The Morgan fingerprint density at radius 2 is 2.08 bits per heavy atom. The zero-order valence-corrected chi connectivity index (χ0v) is 8.68. The average molecular weight is 207 g/mol. The molecule has 0 heterocycles. The van der Waals surface area contributed by atoms with E-state index in [1.807, 2.05) is 6.92 Å². The summed E-state index contributed by atoms with van der Waals surface area (Å²) in [4.78, 5) is 0. The lowest BCUT2D eigenvalue weighted by Crippen LogP contribution is -2.29. The minimum absolute atomic E-state index is 0.0648. The lowest BCUT2D eigenvalue weighted by molar-refractivity contribution is 0.287. The molecule has 0 radical (unpaired) electrons. The third-order valence-electron chi connectivity index (χ3n) is 2.26. The van der Waals surface area contributed by atoms with Crippen LogP contribution in [0.15, 0.2) is 0 Å². The number of nitrogens with one attached hydrogen (secondary N) is 1. The van der Waals surface area contributed by atoms with Crippen molar-refractivity contribution in [2.75, 3.05) is 12.4 Å². The van der Waals surface area contributed by atoms with Crippen LogP contribution in [-0.2, 0) is 10.0 Å². The Kier molecular flexibility index (Phi) is 3.70. The molecule has 0 aromatic heterocycles. The standard InChI is InChI=1S/C8H17NO3S/c1-7-6-8(7)9-13(11,12)5-3-2-4-10/h7-10H,2-6H2,1H3. The first-order chi connectivity index (χ1) is 6.05. The second-order valence-electron chi connectivity index (χ2n) is 3.69. The number of rotatable bonds is 6. The first-order valence-electron chi connectivity index (χ1n) is 4.66. The van der Waals surface area contributed by atoms with Gasteiger partial charge >= 0.3 is 0 Å². The van der Waals surface area contributed by atoms with Crippen molar-refractivity contribution in [3.8, 4) is 0 Å². The van der Waals surface area contributed by atoms with E-state index in [9.17, 15) is 8.42 Å². The summed E-state index contributed by atoms with van der Waals surface area (Å²) in [6.07, 6.45) is 2.05. The van der Waals surface area contributed by atoms with Gasteiger partial charge in [-0.3, -0.25) is 0 Å². The second-order valence-corrected chi connectivity index (χ2v) is 5.56. The molecular formula is C8H17NO3S. The fourth-order valence-corrected chi connectivity index (χ4v) is 2.67. The van der Waals surface area contributed by atoms with Gasteiger partial charge in [0, 0.05) is 12.6 Å². The molecule has 13 heavy (non-hydrogen) atoms. The molecule has 0 saturated heterocycles. The maximum Gasteiger partial charge on any atom is 0.211 e. The van der Waals surface area contributed by atoms with Crippen LogP contribution < -0.4 is 4.72 Å². The van der Waals surface area contributed by atoms with Gasteiger partial charge in [-0.15, -0.1) is 0 Å². The molecule has 0 bridgehead atoms. The van der Waals surface area contributed by atoms with Gasteiger partial charge in [-0.25, -0.2) is 13.1 Å². The first-order valence-corrected chi connectivity index (χ1v) is 6.31. The maximum atomic E-state index is 11.3. The average Bonchev–Trinajstić information content (AvgIpc) is 2.65. The number of aliphatic hydroxyl groups is 1. The van der Waals surface area contributed by atoms with Crippen molar-refractivity contribution in [1.29, 1.82) is 0 Å². The van der Waals surface area contributed by atoms with Crippen molar-refractivity contribution in [3.63, 3.8) is 0 Å². The third kappa shape index (κ3) is 4.06. The molecule has 0 aliphatic heterocycles.